The average molecular weight is 152 g/mol. The van der Waals surface area contributed by atoms with Gasteiger partial charge in [0.1, 0.15) is 0 Å². The molecule has 62 valence electrons. The van der Waals surface area contributed by atoms with Gasteiger partial charge >= 0.3 is 0 Å². The molecule has 0 bridgehead atoms. The van der Waals surface area contributed by atoms with E-state index in [-0.39, 0.29) is 6.10 Å². The molecule has 11 heavy (non-hydrogen) atoms. The molecule has 0 radical (unpaired) electrons. The lowest BCUT2D eigenvalue weighted by molar-refractivity contribution is 0.219. The first kappa shape index (κ1) is 10.2. The van der Waals surface area contributed by atoms with Crippen LogP contribution in [0, 0.1) is 0 Å². The van der Waals surface area contributed by atoms with Crippen molar-refractivity contribution in [3.05, 3.63) is 37.0 Å². The molecule has 0 aliphatic carbocycles. The van der Waals surface area contributed by atoms with Crippen LogP contribution in [0.2, 0.25) is 0 Å². The van der Waals surface area contributed by atoms with Crippen LogP contribution in [0.15, 0.2) is 37.0 Å². The monoisotopic (exact) mass is 152 g/mol. The third-order valence-corrected chi connectivity index (χ3v) is 1.32. The van der Waals surface area contributed by atoms with Gasteiger partial charge in [-0.05, 0) is 12.8 Å². The van der Waals surface area contributed by atoms with E-state index in [9.17, 15) is 0 Å². The highest BCUT2D eigenvalue weighted by atomic mass is 16.3. The second-order valence-electron chi connectivity index (χ2n) is 2.30. The van der Waals surface area contributed by atoms with Gasteiger partial charge in [0.05, 0.1) is 6.10 Å². The molecule has 0 amide bonds. The Kier molecular flexibility index (Phi) is 6.75. The Bertz CT molecular complexity index is 145. The molecule has 0 spiro atoms. The number of aliphatic hydroxyl groups is 1. The van der Waals surface area contributed by atoms with Crippen LogP contribution in [0.5, 0.6) is 0 Å². The maximum atomic E-state index is 9.08. The molecular formula is C10H16O. The second-order valence-corrected chi connectivity index (χ2v) is 2.30. The molecule has 0 aromatic rings. The average Bonchev–Trinajstić information content (AvgIpc) is 2.04. The van der Waals surface area contributed by atoms with Crippen LogP contribution in [0.3, 0.4) is 0 Å². The minimum Gasteiger partial charge on any atom is -0.389 e. The van der Waals surface area contributed by atoms with Crippen LogP contribution in [0.1, 0.15) is 19.8 Å². The van der Waals surface area contributed by atoms with Gasteiger partial charge in [-0.1, -0.05) is 43.9 Å². The Morgan fingerprint density at radius 1 is 1.45 bits per heavy atom. The lowest BCUT2D eigenvalue weighted by atomic mass is 10.2. The molecule has 1 N–H and O–H groups in total. The standard InChI is InChI=1S/C10H16O/c1-3-5-6-7-8-9-10(11)4-2/h3,5-6,8-11H,1,4,7H2,2H3. The Morgan fingerprint density at radius 2 is 2.18 bits per heavy atom. The zero-order valence-electron chi connectivity index (χ0n) is 7.03. The first-order valence-electron chi connectivity index (χ1n) is 3.93. The molecule has 0 heterocycles. The maximum Gasteiger partial charge on any atom is 0.0718 e. The van der Waals surface area contributed by atoms with Crippen LogP contribution >= 0.6 is 0 Å². The highest BCUT2D eigenvalue weighted by Gasteiger charge is 1.89. The lowest BCUT2D eigenvalue weighted by Crippen LogP contribution is -1.97. The van der Waals surface area contributed by atoms with Gasteiger partial charge in [0, 0.05) is 0 Å². The quantitative estimate of drug-likeness (QED) is 0.474. The molecule has 0 aromatic heterocycles. The van der Waals surface area contributed by atoms with Crippen molar-refractivity contribution in [1.82, 2.24) is 0 Å². The van der Waals surface area contributed by atoms with Crippen molar-refractivity contribution in [3.63, 3.8) is 0 Å². The maximum absolute atomic E-state index is 9.08. The van der Waals surface area contributed by atoms with Gasteiger partial charge in [0.15, 0.2) is 0 Å². The molecule has 1 nitrogen and oxygen atoms in total. The molecule has 0 aliphatic rings. The Morgan fingerprint density at radius 3 is 2.73 bits per heavy atom. The van der Waals surface area contributed by atoms with Crippen molar-refractivity contribution in [3.8, 4) is 0 Å². The van der Waals surface area contributed by atoms with Gasteiger partial charge in [-0.15, -0.1) is 0 Å². The largest absolute Gasteiger partial charge is 0.389 e. The molecule has 1 unspecified atom stereocenters. The summed E-state index contributed by atoms with van der Waals surface area (Å²) in [5.74, 6) is 0. The van der Waals surface area contributed by atoms with Gasteiger partial charge < -0.3 is 5.11 Å². The summed E-state index contributed by atoms with van der Waals surface area (Å²) in [6.45, 7) is 5.50. The minimum absolute atomic E-state index is 0.285. The zero-order valence-corrected chi connectivity index (χ0v) is 7.03. The normalized spacial score (nSPS) is 14.4. The van der Waals surface area contributed by atoms with Crippen LogP contribution in [-0.2, 0) is 0 Å². The number of hydrogen-bond acceptors (Lipinski definition) is 1. The van der Waals surface area contributed by atoms with E-state index in [1.807, 2.05) is 31.2 Å². The van der Waals surface area contributed by atoms with Crippen molar-refractivity contribution >= 4 is 0 Å². The van der Waals surface area contributed by atoms with Crippen molar-refractivity contribution < 1.29 is 5.11 Å². The fourth-order valence-electron chi connectivity index (χ4n) is 0.625. The van der Waals surface area contributed by atoms with Crippen molar-refractivity contribution in [2.75, 3.05) is 0 Å². The van der Waals surface area contributed by atoms with Crippen LogP contribution in [-0.4, -0.2) is 11.2 Å². The van der Waals surface area contributed by atoms with Crippen molar-refractivity contribution in [2.45, 2.75) is 25.9 Å². The highest BCUT2D eigenvalue weighted by Crippen LogP contribution is 1.94. The van der Waals surface area contributed by atoms with Crippen molar-refractivity contribution in [2.24, 2.45) is 0 Å². The molecule has 0 saturated heterocycles. The molecule has 0 rings (SSSR count). The third kappa shape index (κ3) is 7.07. The van der Waals surface area contributed by atoms with E-state index in [2.05, 4.69) is 6.58 Å². The molecule has 0 aliphatic heterocycles. The minimum atomic E-state index is -0.285. The van der Waals surface area contributed by atoms with E-state index in [4.69, 9.17) is 5.11 Å². The van der Waals surface area contributed by atoms with Crippen LogP contribution < -0.4 is 0 Å². The van der Waals surface area contributed by atoms with Gasteiger partial charge in [-0.2, -0.15) is 0 Å². The summed E-state index contributed by atoms with van der Waals surface area (Å²) in [4.78, 5) is 0. The number of hydrogen-bond donors (Lipinski definition) is 1. The predicted molar refractivity (Wildman–Crippen MR) is 49.4 cm³/mol. The smallest absolute Gasteiger partial charge is 0.0718 e. The number of aliphatic hydroxyl groups excluding tert-OH is 1. The van der Waals surface area contributed by atoms with Crippen LogP contribution in [0.4, 0.5) is 0 Å². The van der Waals surface area contributed by atoms with E-state index >= 15 is 0 Å². The zero-order chi connectivity index (χ0) is 8.53. The summed E-state index contributed by atoms with van der Waals surface area (Å²) >= 11 is 0. The summed E-state index contributed by atoms with van der Waals surface area (Å²) in [6.07, 6.45) is 10.7. The second kappa shape index (κ2) is 7.29. The first-order chi connectivity index (χ1) is 5.31. The van der Waals surface area contributed by atoms with E-state index in [1.54, 1.807) is 6.08 Å². The lowest BCUT2D eigenvalue weighted by Gasteiger charge is -1.96. The molecule has 0 saturated carbocycles. The number of rotatable bonds is 5. The fourth-order valence-corrected chi connectivity index (χ4v) is 0.625. The van der Waals surface area contributed by atoms with E-state index in [0.29, 0.717) is 0 Å². The predicted octanol–water partition coefficient (Wildman–Crippen LogP) is 2.45. The third-order valence-electron chi connectivity index (χ3n) is 1.32. The summed E-state index contributed by atoms with van der Waals surface area (Å²) < 4.78 is 0. The Hall–Kier alpha value is -0.820. The molecule has 0 aromatic carbocycles. The summed E-state index contributed by atoms with van der Waals surface area (Å²) in [5.41, 5.74) is 0. The van der Waals surface area contributed by atoms with E-state index in [0.717, 1.165) is 12.8 Å². The summed E-state index contributed by atoms with van der Waals surface area (Å²) in [7, 11) is 0. The van der Waals surface area contributed by atoms with Gasteiger partial charge in [-0.3, -0.25) is 0 Å². The topological polar surface area (TPSA) is 20.2 Å². The molecule has 1 atom stereocenters. The first-order valence-corrected chi connectivity index (χ1v) is 3.93. The van der Waals surface area contributed by atoms with Crippen molar-refractivity contribution in [1.29, 1.82) is 0 Å². The Balaban J connectivity index is 3.43. The van der Waals surface area contributed by atoms with Gasteiger partial charge in [0.25, 0.3) is 0 Å². The highest BCUT2D eigenvalue weighted by molar-refractivity contribution is 5.01. The summed E-state index contributed by atoms with van der Waals surface area (Å²) in [5, 5.41) is 9.08. The van der Waals surface area contributed by atoms with Gasteiger partial charge in [-0.25, -0.2) is 0 Å². The number of allylic oxidation sites excluding steroid dienone is 4. The van der Waals surface area contributed by atoms with E-state index in [1.165, 1.54) is 0 Å². The molecule has 0 fully saturated rings. The van der Waals surface area contributed by atoms with E-state index < -0.39 is 0 Å². The van der Waals surface area contributed by atoms with Gasteiger partial charge in [0.2, 0.25) is 0 Å². The molecule has 1 heteroatoms. The fraction of sp³-hybridized carbons (Fsp3) is 0.400. The Labute approximate surface area is 68.7 Å². The SMILES string of the molecule is C=CC=CCC=CC(O)CC. The molecular weight excluding hydrogens is 136 g/mol. The summed E-state index contributed by atoms with van der Waals surface area (Å²) in [6, 6.07) is 0. The van der Waals surface area contributed by atoms with Crippen LogP contribution in [0.25, 0.3) is 0 Å².